The summed E-state index contributed by atoms with van der Waals surface area (Å²) in [6.45, 7) is 2.43. The summed E-state index contributed by atoms with van der Waals surface area (Å²) >= 11 is 0. The molecule has 1 N–H and O–H groups in total. The number of benzene rings is 2. The van der Waals surface area contributed by atoms with Gasteiger partial charge < -0.3 is 14.8 Å². The molecule has 2 aromatic rings. The van der Waals surface area contributed by atoms with E-state index in [0.717, 1.165) is 6.07 Å². The van der Waals surface area contributed by atoms with Crippen LogP contribution in [0.4, 0.5) is 5.69 Å². The SMILES string of the molecule is COc1cc(C(=O)NCCN2CCN(S(=O)(=O)c3ccccc3)CC2)c([N+](=O)[O-])cc1OC. The van der Waals surface area contributed by atoms with Gasteiger partial charge in [-0.1, -0.05) is 18.2 Å². The van der Waals surface area contributed by atoms with Crippen LogP contribution in [0.15, 0.2) is 47.4 Å². The second-order valence-corrected chi connectivity index (χ2v) is 9.23. The molecule has 3 rings (SSSR count). The van der Waals surface area contributed by atoms with Crippen LogP contribution in [0.5, 0.6) is 11.5 Å². The summed E-state index contributed by atoms with van der Waals surface area (Å²) in [6.07, 6.45) is 0. The number of carbonyl (C=O) groups excluding carboxylic acids is 1. The highest BCUT2D eigenvalue weighted by molar-refractivity contribution is 7.89. The third-order valence-electron chi connectivity index (χ3n) is 5.37. The Balaban J connectivity index is 1.56. The summed E-state index contributed by atoms with van der Waals surface area (Å²) in [5, 5.41) is 14.1. The third kappa shape index (κ3) is 5.59. The first kappa shape index (κ1) is 24.4. The topological polar surface area (TPSA) is 131 Å². The molecule has 0 radical (unpaired) electrons. The Morgan fingerprint density at radius 1 is 1.06 bits per heavy atom. The number of nitro benzene ring substituents is 1. The summed E-state index contributed by atoms with van der Waals surface area (Å²) in [7, 11) is -0.798. The van der Waals surface area contributed by atoms with Gasteiger partial charge in [-0.2, -0.15) is 4.31 Å². The number of amides is 1. The zero-order valence-electron chi connectivity index (χ0n) is 18.4. The Bertz CT molecular complexity index is 1100. The second kappa shape index (κ2) is 10.6. The van der Waals surface area contributed by atoms with Crippen molar-refractivity contribution in [3.8, 4) is 11.5 Å². The molecule has 0 unspecified atom stereocenters. The minimum atomic E-state index is -3.53. The average Bonchev–Trinajstić information content (AvgIpc) is 2.83. The molecule has 1 aliphatic heterocycles. The summed E-state index contributed by atoms with van der Waals surface area (Å²) in [5.41, 5.74) is -0.513. The number of carbonyl (C=O) groups is 1. The molecular formula is C21H26N4O7S. The minimum absolute atomic E-state index is 0.128. The fourth-order valence-corrected chi connectivity index (χ4v) is 5.00. The highest BCUT2D eigenvalue weighted by atomic mass is 32.2. The van der Waals surface area contributed by atoms with Crippen LogP contribution in [0.2, 0.25) is 0 Å². The van der Waals surface area contributed by atoms with Crippen LogP contribution < -0.4 is 14.8 Å². The van der Waals surface area contributed by atoms with E-state index in [1.165, 1.54) is 24.6 Å². The lowest BCUT2D eigenvalue weighted by molar-refractivity contribution is -0.385. The van der Waals surface area contributed by atoms with Gasteiger partial charge in [0.2, 0.25) is 10.0 Å². The van der Waals surface area contributed by atoms with Gasteiger partial charge in [-0.15, -0.1) is 0 Å². The van der Waals surface area contributed by atoms with Gasteiger partial charge in [0, 0.05) is 45.3 Å². The number of piperazine rings is 1. The van der Waals surface area contributed by atoms with E-state index in [2.05, 4.69) is 5.32 Å². The Morgan fingerprint density at radius 2 is 1.67 bits per heavy atom. The van der Waals surface area contributed by atoms with Gasteiger partial charge in [-0.25, -0.2) is 8.42 Å². The van der Waals surface area contributed by atoms with Crippen molar-refractivity contribution in [3.05, 3.63) is 58.1 Å². The van der Waals surface area contributed by atoms with Gasteiger partial charge in [-0.3, -0.25) is 19.8 Å². The number of nitrogens with zero attached hydrogens (tertiary/aromatic N) is 3. The first-order chi connectivity index (χ1) is 15.8. The number of nitro groups is 1. The highest BCUT2D eigenvalue weighted by Crippen LogP contribution is 2.34. The van der Waals surface area contributed by atoms with E-state index < -0.39 is 20.9 Å². The molecule has 0 aromatic heterocycles. The van der Waals surface area contributed by atoms with Gasteiger partial charge in [-0.05, 0) is 12.1 Å². The van der Waals surface area contributed by atoms with Crippen molar-refractivity contribution in [1.29, 1.82) is 0 Å². The van der Waals surface area contributed by atoms with Crippen molar-refractivity contribution >= 4 is 21.6 Å². The number of sulfonamides is 1. The molecule has 1 heterocycles. The Hall–Kier alpha value is -3.22. The molecule has 0 aliphatic carbocycles. The van der Waals surface area contributed by atoms with Crippen molar-refractivity contribution in [2.24, 2.45) is 0 Å². The third-order valence-corrected chi connectivity index (χ3v) is 7.28. The molecule has 0 bridgehead atoms. The quantitative estimate of drug-likeness (QED) is 0.422. The van der Waals surface area contributed by atoms with Crippen LogP contribution in [-0.2, 0) is 10.0 Å². The highest BCUT2D eigenvalue weighted by Gasteiger charge is 2.28. The minimum Gasteiger partial charge on any atom is -0.493 e. The monoisotopic (exact) mass is 478 g/mol. The number of ether oxygens (including phenoxy) is 2. The smallest absolute Gasteiger partial charge is 0.286 e. The van der Waals surface area contributed by atoms with E-state index in [1.807, 2.05) is 4.90 Å². The molecule has 1 aliphatic rings. The molecule has 12 heteroatoms. The van der Waals surface area contributed by atoms with Crippen LogP contribution in [0.3, 0.4) is 0 Å². The van der Waals surface area contributed by atoms with Crippen molar-refractivity contribution in [2.45, 2.75) is 4.90 Å². The van der Waals surface area contributed by atoms with Gasteiger partial charge >= 0.3 is 0 Å². The van der Waals surface area contributed by atoms with Crippen molar-refractivity contribution in [1.82, 2.24) is 14.5 Å². The maximum Gasteiger partial charge on any atom is 0.286 e. The fraction of sp³-hybridized carbons (Fsp3) is 0.381. The summed E-state index contributed by atoms with van der Waals surface area (Å²) < 4.78 is 37.1. The normalized spacial score (nSPS) is 15.1. The predicted octanol–water partition coefficient (Wildman–Crippen LogP) is 1.35. The van der Waals surface area contributed by atoms with Crippen LogP contribution in [-0.4, -0.2) is 81.9 Å². The van der Waals surface area contributed by atoms with E-state index in [9.17, 15) is 23.3 Å². The second-order valence-electron chi connectivity index (χ2n) is 7.30. The number of nitrogens with one attached hydrogen (secondary N) is 1. The van der Waals surface area contributed by atoms with Gasteiger partial charge in [0.1, 0.15) is 5.56 Å². The maximum absolute atomic E-state index is 12.7. The number of hydrogen-bond donors (Lipinski definition) is 1. The standard InChI is InChI=1S/C21H26N4O7S/c1-31-19-14-17(18(25(27)28)15-20(19)32-2)21(26)22-8-9-23-10-12-24(13-11-23)33(29,30)16-6-4-3-5-7-16/h3-7,14-15H,8-13H2,1-2H3,(H,22,26). The zero-order chi connectivity index (χ0) is 24.0. The number of methoxy groups -OCH3 is 2. The Morgan fingerprint density at radius 3 is 2.24 bits per heavy atom. The van der Waals surface area contributed by atoms with Gasteiger partial charge in [0.15, 0.2) is 11.5 Å². The molecule has 33 heavy (non-hydrogen) atoms. The molecule has 0 spiro atoms. The lowest BCUT2D eigenvalue weighted by Gasteiger charge is -2.33. The summed E-state index contributed by atoms with van der Waals surface area (Å²) in [4.78, 5) is 25.6. The van der Waals surface area contributed by atoms with Crippen molar-refractivity contribution < 1.29 is 27.6 Å². The summed E-state index contributed by atoms with van der Waals surface area (Å²) in [5.74, 6) is -0.235. The van der Waals surface area contributed by atoms with E-state index in [-0.39, 0.29) is 34.2 Å². The molecule has 11 nitrogen and oxygen atoms in total. The van der Waals surface area contributed by atoms with Crippen LogP contribution in [0.25, 0.3) is 0 Å². The molecule has 1 fully saturated rings. The zero-order valence-corrected chi connectivity index (χ0v) is 19.2. The lowest BCUT2D eigenvalue weighted by atomic mass is 10.1. The van der Waals surface area contributed by atoms with Crippen LogP contribution in [0.1, 0.15) is 10.4 Å². The van der Waals surface area contributed by atoms with Crippen LogP contribution >= 0.6 is 0 Å². The molecule has 1 amide bonds. The predicted molar refractivity (Wildman–Crippen MR) is 120 cm³/mol. The molecule has 178 valence electrons. The molecule has 1 saturated heterocycles. The Labute approximate surface area is 192 Å². The van der Waals surface area contributed by atoms with E-state index in [1.54, 1.807) is 30.3 Å². The Kier molecular flexibility index (Phi) is 7.84. The lowest BCUT2D eigenvalue weighted by Crippen LogP contribution is -2.50. The number of rotatable bonds is 9. The molecular weight excluding hydrogens is 452 g/mol. The molecule has 0 saturated carbocycles. The fourth-order valence-electron chi connectivity index (χ4n) is 3.56. The van der Waals surface area contributed by atoms with E-state index >= 15 is 0 Å². The van der Waals surface area contributed by atoms with Crippen molar-refractivity contribution in [2.75, 3.05) is 53.5 Å². The average molecular weight is 479 g/mol. The van der Waals surface area contributed by atoms with Crippen molar-refractivity contribution in [3.63, 3.8) is 0 Å². The number of hydrogen-bond acceptors (Lipinski definition) is 8. The maximum atomic E-state index is 12.7. The first-order valence-corrected chi connectivity index (χ1v) is 11.7. The van der Waals surface area contributed by atoms with E-state index in [4.69, 9.17) is 9.47 Å². The largest absolute Gasteiger partial charge is 0.493 e. The molecule has 0 atom stereocenters. The molecule has 2 aromatic carbocycles. The van der Waals surface area contributed by atoms with E-state index in [0.29, 0.717) is 32.7 Å². The summed E-state index contributed by atoms with van der Waals surface area (Å²) in [6, 6.07) is 10.7. The van der Waals surface area contributed by atoms with Gasteiger partial charge in [0.25, 0.3) is 11.6 Å². The first-order valence-electron chi connectivity index (χ1n) is 10.2. The van der Waals surface area contributed by atoms with Gasteiger partial charge in [0.05, 0.1) is 30.1 Å². The van der Waals surface area contributed by atoms with Crippen LogP contribution in [0, 0.1) is 10.1 Å².